The van der Waals surface area contributed by atoms with E-state index in [0.29, 0.717) is 23.6 Å². The molecule has 0 fully saturated rings. The summed E-state index contributed by atoms with van der Waals surface area (Å²) in [6, 6.07) is 16.5. The molecule has 2 N–H and O–H groups in total. The van der Waals surface area contributed by atoms with Crippen LogP contribution in [0.25, 0.3) is 0 Å². The van der Waals surface area contributed by atoms with Gasteiger partial charge in [0.1, 0.15) is 0 Å². The van der Waals surface area contributed by atoms with Crippen LogP contribution < -0.4 is 10.6 Å². The molecule has 2 amide bonds. The summed E-state index contributed by atoms with van der Waals surface area (Å²) >= 11 is 1.54. The van der Waals surface area contributed by atoms with Crippen molar-refractivity contribution in [1.82, 2.24) is 5.32 Å². The van der Waals surface area contributed by atoms with Crippen LogP contribution in [0.2, 0.25) is 0 Å². The third kappa shape index (κ3) is 4.67. The first-order valence-electron chi connectivity index (χ1n) is 8.35. The normalized spacial score (nSPS) is 14.6. The van der Waals surface area contributed by atoms with Gasteiger partial charge in [-0.2, -0.15) is 0 Å². The Morgan fingerprint density at radius 3 is 2.62 bits per heavy atom. The molecular weight excluding hydrogens is 348 g/mol. The van der Waals surface area contributed by atoms with Crippen molar-refractivity contribution in [3.8, 4) is 0 Å². The molecule has 2 aromatic rings. The molecule has 1 aliphatic heterocycles. The van der Waals surface area contributed by atoms with Crippen LogP contribution in [0.3, 0.4) is 0 Å². The zero-order valence-corrected chi connectivity index (χ0v) is 15.2. The lowest BCUT2D eigenvalue weighted by atomic mass is 10.1. The molecule has 0 aliphatic carbocycles. The average molecular weight is 368 g/mol. The van der Waals surface area contributed by atoms with Gasteiger partial charge in [0.25, 0.3) is 11.8 Å². The molecular formula is C20H20N2O3S. The number of carbonyl (C=O) groups is 2. The van der Waals surface area contributed by atoms with E-state index in [-0.39, 0.29) is 17.9 Å². The van der Waals surface area contributed by atoms with Crippen LogP contribution in [0.4, 0.5) is 5.69 Å². The van der Waals surface area contributed by atoms with Crippen LogP contribution in [-0.4, -0.2) is 24.2 Å². The molecule has 26 heavy (non-hydrogen) atoms. The standard InChI is InChI=1S/C20H20N2O3S/c1-14(15-6-3-2-4-7-15)21-19(23)16-8-5-9-17(12-16)22-20(24)18-13-26-11-10-25-18/h2-9,12-14H,10-11H2,1H3,(H,21,23)(H,22,24)/t14-/m1/s1. The number of thioether (sulfide) groups is 1. The molecule has 3 rings (SSSR count). The van der Waals surface area contributed by atoms with Crippen molar-refractivity contribution < 1.29 is 14.3 Å². The second kappa shape index (κ2) is 8.58. The van der Waals surface area contributed by atoms with E-state index in [1.165, 1.54) is 0 Å². The third-order valence-corrected chi connectivity index (χ3v) is 4.69. The van der Waals surface area contributed by atoms with Gasteiger partial charge in [-0.15, -0.1) is 11.8 Å². The minimum absolute atomic E-state index is 0.111. The van der Waals surface area contributed by atoms with E-state index in [0.717, 1.165) is 11.3 Å². The second-order valence-corrected chi connectivity index (χ2v) is 6.82. The van der Waals surface area contributed by atoms with Crippen molar-refractivity contribution in [2.75, 3.05) is 17.7 Å². The molecule has 0 saturated heterocycles. The molecule has 0 unspecified atom stereocenters. The van der Waals surface area contributed by atoms with Gasteiger partial charge in [0, 0.05) is 22.4 Å². The van der Waals surface area contributed by atoms with Crippen molar-refractivity contribution in [3.05, 3.63) is 76.9 Å². The molecule has 1 aliphatic rings. The van der Waals surface area contributed by atoms with Crippen molar-refractivity contribution in [3.63, 3.8) is 0 Å². The Morgan fingerprint density at radius 2 is 1.88 bits per heavy atom. The van der Waals surface area contributed by atoms with Crippen LogP contribution in [-0.2, 0) is 9.53 Å². The number of hydrogen-bond acceptors (Lipinski definition) is 4. The summed E-state index contributed by atoms with van der Waals surface area (Å²) in [6.07, 6.45) is 0. The first-order chi connectivity index (χ1) is 12.6. The Labute approximate surface area is 156 Å². The monoisotopic (exact) mass is 368 g/mol. The Bertz CT molecular complexity index is 821. The summed E-state index contributed by atoms with van der Waals surface area (Å²) in [6.45, 7) is 2.45. The maximum absolute atomic E-state index is 12.5. The van der Waals surface area contributed by atoms with E-state index in [1.54, 1.807) is 41.4 Å². The van der Waals surface area contributed by atoms with Crippen LogP contribution >= 0.6 is 11.8 Å². The molecule has 2 aromatic carbocycles. The number of rotatable bonds is 5. The zero-order chi connectivity index (χ0) is 18.4. The Kier molecular flexibility index (Phi) is 5.96. The molecule has 0 aromatic heterocycles. The fourth-order valence-electron chi connectivity index (χ4n) is 2.52. The first-order valence-corrected chi connectivity index (χ1v) is 9.40. The van der Waals surface area contributed by atoms with Crippen molar-refractivity contribution >= 4 is 29.3 Å². The molecule has 6 heteroatoms. The number of nitrogens with one attached hydrogen (secondary N) is 2. The summed E-state index contributed by atoms with van der Waals surface area (Å²) in [5.41, 5.74) is 2.07. The quantitative estimate of drug-likeness (QED) is 0.844. The van der Waals surface area contributed by atoms with Gasteiger partial charge in [0.2, 0.25) is 0 Å². The minimum atomic E-state index is -0.313. The van der Waals surface area contributed by atoms with Gasteiger partial charge >= 0.3 is 0 Å². The molecule has 0 bridgehead atoms. The Balaban J connectivity index is 1.65. The van der Waals surface area contributed by atoms with Gasteiger partial charge in [0.15, 0.2) is 5.76 Å². The number of benzene rings is 2. The number of hydrogen-bond donors (Lipinski definition) is 2. The smallest absolute Gasteiger partial charge is 0.291 e. The Hall–Kier alpha value is -2.73. The predicted octanol–water partition coefficient (Wildman–Crippen LogP) is 3.72. The van der Waals surface area contributed by atoms with Gasteiger partial charge in [-0.25, -0.2) is 0 Å². The Morgan fingerprint density at radius 1 is 1.08 bits per heavy atom. The van der Waals surface area contributed by atoms with Crippen LogP contribution in [0.5, 0.6) is 0 Å². The molecule has 134 valence electrons. The lowest BCUT2D eigenvalue weighted by Crippen LogP contribution is -2.26. The zero-order valence-electron chi connectivity index (χ0n) is 14.4. The van der Waals surface area contributed by atoms with E-state index in [9.17, 15) is 9.59 Å². The fraction of sp³-hybridized carbons (Fsp3) is 0.200. The molecule has 5 nitrogen and oxygen atoms in total. The predicted molar refractivity (Wildman–Crippen MR) is 104 cm³/mol. The SMILES string of the molecule is C[C@@H](NC(=O)c1cccc(NC(=O)C2=CSCCO2)c1)c1ccccc1. The van der Waals surface area contributed by atoms with E-state index < -0.39 is 0 Å². The summed E-state index contributed by atoms with van der Waals surface area (Å²) in [5.74, 6) is 0.633. The number of ether oxygens (including phenoxy) is 1. The summed E-state index contributed by atoms with van der Waals surface area (Å²) in [4.78, 5) is 24.7. The van der Waals surface area contributed by atoms with Gasteiger partial charge in [0.05, 0.1) is 12.6 Å². The van der Waals surface area contributed by atoms with E-state index in [4.69, 9.17) is 4.74 Å². The summed E-state index contributed by atoms with van der Waals surface area (Å²) in [5, 5.41) is 7.44. The lowest BCUT2D eigenvalue weighted by Gasteiger charge is -2.16. The minimum Gasteiger partial charge on any atom is -0.487 e. The van der Waals surface area contributed by atoms with Crippen LogP contribution in [0.15, 0.2) is 65.8 Å². The maximum Gasteiger partial charge on any atom is 0.291 e. The summed E-state index contributed by atoms with van der Waals surface area (Å²) in [7, 11) is 0. The van der Waals surface area contributed by atoms with Crippen LogP contribution in [0, 0.1) is 0 Å². The van der Waals surface area contributed by atoms with Crippen LogP contribution in [0.1, 0.15) is 28.9 Å². The van der Waals surface area contributed by atoms with Gasteiger partial charge in [-0.3, -0.25) is 9.59 Å². The van der Waals surface area contributed by atoms with E-state index >= 15 is 0 Å². The molecule has 1 atom stereocenters. The first kappa shape index (κ1) is 18.1. The molecule has 1 heterocycles. The third-order valence-electron chi connectivity index (χ3n) is 3.90. The van der Waals surface area contributed by atoms with Crippen molar-refractivity contribution in [1.29, 1.82) is 0 Å². The van der Waals surface area contributed by atoms with Crippen molar-refractivity contribution in [2.45, 2.75) is 13.0 Å². The van der Waals surface area contributed by atoms with Gasteiger partial charge in [-0.1, -0.05) is 36.4 Å². The van der Waals surface area contributed by atoms with Gasteiger partial charge < -0.3 is 15.4 Å². The highest BCUT2D eigenvalue weighted by molar-refractivity contribution is 8.02. The highest BCUT2D eigenvalue weighted by atomic mass is 32.2. The van der Waals surface area contributed by atoms with E-state index in [1.807, 2.05) is 37.3 Å². The second-order valence-electron chi connectivity index (χ2n) is 5.84. The lowest BCUT2D eigenvalue weighted by molar-refractivity contribution is -0.116. The topological polar surface area (TPSA) is 67.4 Å². The highest BCUT2D eigenvalue weighted by Crippen LogP contribution is 2.18. The molecule has 0 spiro atoms. The maximum atomic E-state index is 12.5. The largest absolute Gasteiger partial charge is 0.487 e. The summed E-state index contributed by atoms with van der Waals surface area (Å²) < 4.78 is 5.34. The fourth-order valence-corrected chi connectivity index (χ4v) is 3.15. The average Bonchev–Trinajstić information content (AvgIpc) is 2.69. The van der Waals surface area contributed by atoms with Crippen molar-refractivity contribution in [2.24, 2.45) is 0 Å². The van der Waals surface area contributed by atoms with Gasteiger partial charge in [-0.05, 0) is 30.7 Å². The molecule has 0 radical (unpaired) electrons. The number of amides is 2. The molecule has 0 saturated carbocycles. The number of carbonyl (C=O) groups excluding carboxylic acids is 2. The van der Waals surface area contributed by atoms with E-state index in [2.05, 4.69) is 10.6 Å². The highest BCUT2D eigenvalue weighted by Gasteiger charge is 2.16. The number of anilines is 1.